The van der Waals surface area contributed by atoms with Gasteiger partial charge >= 0.3 is 6.03 Å². The third-order valence-corrected chi connectivity index (χ3v) is 2.17. The first-order valence-corrected chi connectivity index (χ1v) is 4.61. The van der Waals surface area contributed by atoms with Crippen molar-refractivity contribution in [2.75, 3.05) is 6.54 Å². The second-order valence-corrected chi connectivity index (χ2v) is 3.41. The van der Waals surface area contributed by atoms with E-state index in [1.54, 1.807) is 4.90 Å². The predicted molar refractivity (Wildman–Crippen MR) is 51.0 cm³/mol. The van der Waals surface area contributed by atoms with Gasteiger partial charge in [-0.05, 0) is 26.7 Å². The van der Waals surface area contributed by atoms with Crippen LogP contribution in [0.1, 0.15) is 40.5 Å². The van der Waals surface area contributed by atoms with Crippen molar-refractivity contribution in [2.24, 2.45) is 5.73 Å². The number of urea groups is 1. The fourth-order valence-electron chi connectivity index (χ4n) is 1.52. The molecule has 0 atom stereocenters. The van der Waals surface area contributed by atoms with E-state index >= 15 is 0 Å². The van der Waals surface area contributed by atoms with Crippen LogP contribution in [0.2, 0.25) is 0 Å². The van der Waals surface area contributed by atoms with E-state index < -0.39 is 0 Å². The number of hydrogen-bond donors (Lipinski definition) is 1. The van der Waals surface area contributed by atoms with E-state index in [9.17, 15) is 4.79 Å². The predicted octanol–water partition coefficient (Wildman–Crippen LogP) is 1.97. The van der Waals surface area contributed by atoms with Crippen molar-refractivity contribution in [2.45, 2.75) is 46.1 Å². The fourth-order valence-corrected chi connectivity index (χ4v) is 1.52. The molecule has 0 unspecified atom stereocenters. The van der Waals surface area contributed by atoms with Crippen molar-refractivity contribution >= 4 is 6.03 Å². The van der Waals surface area contributed by atoms with Crippen molar-refractivity contribution in [3.63, 3.8) is 0 Å². The number of rotatable bonds is 0. The number of carbonyl (C=O) groups excluding carboxylic acids is 1. The Morgan fingerprint density at radius 3 is 2.08 bits per heavy atom. The molecule has 1 saturated heterocycles. The zero-order chi connectivity index (χ0) is 9.78. The van der Waals surface area contributed by atoms with Gasteiger partial charge in [-0.1, -0.05) is 13.8 Å². The van der Waals surface area contributed by atoms with Crippen LogP contribution in [0.3, 0.4) is 0 Å². The number of nitrogens with two attached hydrogens (primary N) is 1. The molecule has 0 aromatic carbocycles. The molecule has 0 aromatic rings. The number of amides is 2. The molecule has 1 rings (SSSR count). The van der Waals surface area contributed by atoms with Crippen molar-refractivity contribution in [3.05, 3.63) is 0 Å². The lowest BCUT2D eigenvalue weighted by Crippen LogP contribution is -2.45. The minimum Gasteiger partial charge on any atom is -0.351 e. The molecule has 72 valence electrons. The number of hydrogen-bond acceptors (Lipinski definition) is 1. The van der Waals surface area contributed by atoms with Gasteiger partial charge in [0.1, 0.15) is 0 Å². The van der Waals surface area contributed by atoms with Crippen LogP contribution in [0.15, 0.2) is 0 Å². The van der Waals surface area contributed by atoms with Crippen LogP contribution < -0.4 is 5.73 Å². The standard InChI is InChI=1S/C7H14N2O.C2H6/c1-7(2)4-3-5-9(7)6(8)10;1-2/h3-5H2,1-2H3,(H2,8,10);1-2H3. The first-order chi connectivity index (χ1) is 5.54. The highest BCUT2D eigenvalue weighted by atomic mass is 16.2. The minimum absolute atomic E-state index is 0.00810. The third kappa shape index (κ3) is 2.40. The van der Waals surface area contributed by atoms with E-state index in [-0.39, 0.29) is 11.6 Å². The van der Waals surface area contributed by atoms with Crippen molar-refractivity contribution in [1.82, 2.24) is 4.90 Å². The lowest BCUT2D eigenvalue weighted by molar-refractivity contribution is 0.174. The summed E-state index contributed by atoms with van der Waals surface area (Å²) in [6.07, 6.45) is 2.14. The molecule has 0 bridgehead atoms. The Morgan fingerprint density at radius 2 is 1.92 bits per heavy atom. The van der Waals surface area contributed by atoms with Gasteiger partial charge in [-0.3, -0.25) is 0 Å². The quantitative estimate of drug-likeness (QED) is 0.596. The Morgan fingerprint density at radius 1 is 1.42 bits per heavy atom. The normalized spacial score (nSPS) is 19.8. The summed E-state index contributed by atoms with van der Waals surface area (Å²) in [5, 5.41) is 0. The van der Waals surface area contributed by atoms with Crippen LogP contribution in [-0.2, 0) is 0 Å². The number of carbonyl (C=O) groups is 1. The Hall–Kier alpha value is -0.730. The van der Waals surface area contributed by atoms with Crippen LogP contribution >= 0.6 is 0 Å². The molecular formula is C9H20N2O. The zero-order valence-electron chi connectivity index (χ0n) is 8.55. The summed E-state index contributed by atoms with van der Waals surface area (Å²) in [5.74, 6) is 0. The fraction of sp³-hybridized carbons (Fsp3) is 0.889. The van der Waals surface area contributed by atoms with E-state index in [1.165, 1.54) is 0 Å². The molecule has 1 aliphatic heterocycles. The molecule has 0 radical (unpaired) electrons. The van der Waals surface area contributed by atoms with Gasteiger partial charge in [0, 0.05) is 12.1 Å². The maximum absolute atomic E-state index is 10.8. The Kier molecular flexibility index (Phi) is 4.07. The molecular weight excluding hydrogens is 152 g/mol. The molecule has 0 aliphatic carbocycles. The molecule has 2 amide bonds. The molecule has 0 saturated carbocycles. The molecule has 1 aliphatic rings. The summed E-state index contributed by atoms with van der Waals surface area (Å²) in [6, 6.07) is -0.289. The van der Waals surface area contributed by atoms with Gasteiger partial charge in [-0.2, -0.15) is 0 Å². The molecule has 0 aromatic heterocycles. The van der Waals surface area contributed by atoms with Crippen molar-refractivity contribution < 1.29 is 4.79 Å². The Labute approximate surface area is 74.9 Å². The molecule has 2 N–H and O–H groups in total. The van der Waals surface area contributed by atoms with Crippen LogP contribution in [0.5, 0.6) is 0 Å². The van der Waals surface area contributed by atoms with Crippen LogP contribution in [0.4, 0.5) is 4.79 Å². The molecule has 0 spiro atoms. The van der Waals surface area contributed by atoms with Crippen molar-refractivity contribution in [3.8, 4) is 0 Å². The smallest absolute Gasteiger partial charge is 0.315 e. The van der Waals surface area contributed by atoms with E-state index in [1.807, 2.05) is 27.7 Å². The topological polar surface area (TPSA) is 46.3 Å². The lowest BCUT2D eigenvalue weighted by atomic mass is 10.0. The van der Waals surface area contributed by atoms with Crippen LogP contribution in [0, 0.1) is 0 Å². The Balaban J connectivity index is 0.000000561. The van der Waals surface area contributed by atoms with Gasteiger partial charge < -0.3 is 10.6 Å². The van der Waals surface area contributed by atoms with E-state index in [0.717, 1.165) is 19.4 Å². The third-order valence-electron chi connectivity index (χ3n) is 2.17. The number of likely N-dealkylation sites (tertiary alicyclic amines) is 1. The average molecular weight is 172 g/mol. The zero-order valence-corrected chi connectivity index (χ0v) is 8.55. The maximum atomic E-state index is 10.8. The average Bonchev–Trinajstić information content (AvgIpc) is 2.33. The highest BCUT2D eigenvalue weighted by molar-refractivity contribution is 5.73. The van der Waals surface area contributed by atoms with Crippen LogP contribution in [0.25, 0.3) is 0 Å². The lowest BCUT2D eigenvalue weighted by Gasteiger charge is -2.29. The van der Waals surface area contributed by atoms with E-state index in [4.69, 9.17) is 5.73 Å². The van der Waals surface area contributed by atoms with E-state index in [2.05, 4.69) is 0 Å². The summed E-state index contributed by atoms with van der Waals surface area (Å²) in [5.41, 5.74) is 5.15. The highest BCUT2D eigenvalue weighted by Crippen LogP contribution is 2.27. The number of nitrogens with zero attached hydrogens (tertiary/aromatic N) is 1. The van der Waals surface area contributed by atoms with Crippen LogP contribution in [-0.4, -0.2) is 23.0 Å². The maximum Gasteiger partial charge on any atom is 0.315 e. The van der Waals surface area contributed by atoms with Gasteiger partial charge in [0.05, 0.1) is 0 Å². The SMILES string of the molecule is CC.CC1(C)CCCN1C(N)=O. The van der Waals surface area contributed by atoms with Gasteiger partial charge in [-0.15, -0.1) is 0 Å². The largest absolute Gasteiger partial charge is 0.351 e. The molecule has 1 heterocycles. The van der Waals surface area contributed by atoms with Gasteiger partial charge in [0.15, 0.2) is 0 Å². The Bertz CT molecular complexity index is 155. The first-order valence-electron chi connectivity index (χ1n) is 4.61. The van der Waals surface area contributed by atoms with Gasteiger partial charge in [0.2, 0.25) is 0 Å². The van der Waals surface area contributed by atoms with Gasteiger partial charge in [-0.25, -0.2) is 4.79 Å². The van der Waals surface area contributed by atoms with Gasteiger partial charge in [0.25, 0.3) is 0 Å². The monoisotopic (exact) mass is 172 g/mol. The second kappa shape index (κ2) is 4.33. The summed E-state index contributed by atoms with van der Waals surface area (Å²) < 4.78 is 0. The second-order valence-electron chi connectivity index (χ2n) is 3.41. The van der Waals surface area contributed by atoms with Crippen molar-refractivity contribution in [1.29, 1.82) is 0 Å². The molecule has 1 fully saturated rings. The number of primary amides is 1. The first kappa shape index (κ1) is 11.3. The minimum atomic E-state index is -0.289. The highest BCUT2D eigenvalue weighted by Gasteiger charge is 2.33. The summed E-state index contributed by atoms with van der Waals surface area (Å²) in [4.78, 5) is 12.5. The summed E-state index contributed by atoms with van der Waals surface area (Å²) in [6.45, 7) is 8.91. The molecule has 12 heavy (non-hydrogen) atoms. The summed E-state index contributed by atoms with van der Waals surface area (Å²) in [7, 11) is 0. The summed E-state index contributed by atoms with van der Waals surface area (Å²) >= 11 is 0. The molecule has 3 nitrogen and oxygen atoms in total. The molecule has 3 heteroatoms. The van der Waals surface area contributed by atoms with E-state index in [0.29, 0.717) is 0 Å².